The molecule has 0 atom stereocenters. The van der Waals surface area contributed by atoms with Crippen molar-refractivity contribution >= 4 is 54.5 Å². The fourth-order valence-corrected chi connectivity index (χ4v) is 9.38. The second-order valence-corrected chi connectivity index (χ2v) is 15.4. The van der Waals surface area contributed by atoms with E-state index in [0.717, 1.165) is 22.6 Å². The lowest BCUT2D eigenvalue weighted by molar-refractivity contribution is 1.11. The SMILES string of the molecule is c1ccc(-c2cc(-n3c4ccccc4c4cc(-c5ccccc5)ccc43)cc(-n3c4ccccc4c4ccc5c(-c6ccccc6)cn(-c6ccccc6)c5c43)c2)cc1. The molecule has 3 heterocycles. The molecule has 0 bridgehead atoms. The lowest BCUT2D eigenvalue weighted by Gasteiger charge is -2.17. The van der Waals surface area contributed by atoms with Gasteiger partial charge >= 0.3 is 0 Å². The molecule has 12 aromatic rings. The molecule has 0 saturated heterocycles. The Labute approximate surface area is 341 Å². The van der Waals surface area contributed by atoms with Crippen LogP contribution in [0.3, 0.4) is 0 Å². The first kappa shape index (κ1) is 33.3. The van der Waals surface area contributed by atoms with Gasteiger partial charge in [-0.25, -0.2) is 0 Å². The van der Waals surface area contributed by atoms with Gasteiger partial charge in [-0.1, -0.05) is 164 Å². The van der Waals surface area contributed by atoms with E-state index in [0.29, 0.717) is 0 Å². The van der Waals surface area contributed by atoms with Crippen LogP contribution in [0.25, 0.3) is 105 Å². The van der Waals surface area contributed by atoms with Crippen molar-refractivity contribution < 1.29 is 0 Å². The molecule has 0 saturated carbocycles. The Morgan fingerprint density at radius 2 is 0.763 bits per heavy atom. The molecule has 276 valence electrons. The first-order valence-corrected chi connectivity index (χ1v) is 20.3. The largest absolute Gasteiger partial charge is 0.314 e. The number of hydrogen-bond acceptors (Lipinski definition) is 0. The number of aromatic nitrogens is 3. The number of para-hydroxylation sites is 3. The normalized spacial score (nSPS) is 11.7. The molecule has 0 unspecified atom stereocenters. The maximum atomic E-state index is 2.51. The summed E-state index contributed by atoms with van der Waals surface area (Å²) in [5, 5.41) is 6.14. The minimum absolute atomic E-state index is 1.11. The first-order chi connectivity index (χ1) is 29.3. The third-order valence-corrected chi connectivity index (χ3v) is 12.0. The second-order valence-electron chi connectivity index (χ2n) is 15.4. The van der Waals surface area contributed by atoms with Gasteiger partial charge in [0.1, 0.15) is 0 Å². The Morgan fingerprint density at radius 1 is 0.254 bits per heavy atom. The molecule has 3 aromatic heterocycles. The maximum Gasteiger partial charge on any atom is 0.0788 e. The first-order valence-electron chi connectivity index (χ1n) is 20.3. The molecule has 0 fully saturated rings. The molecule has 12 rings (SSSR count). The molecule has 3 nitrogen and oxygen atoms in total. The highest BCUT2D eigenvalue weighted by molar-refractivity contribution is 6.20. The van der Waals surface area contributed by atoms with E-state index in [1.807, 2.05) is 0 Å². The predicted molar refractivity (Wildman–Crippen MR) is 248 cm³/mol. The molecule has 0 aliphatic carbocycles. The fourth-order valence-electron chi connectivity index (χ4n) is 9.38. The van der Waals surface area contributed by atoms with Crippen LogP contribution in [0.5, 0.6) is 0 Å². The lowest BCUT2D eigenvalue weighted by atomic mass is 10.0. The van der Waals surface area contributed by atoms with Crippen LogP contribution in [-0.4, -0.2) is 13.7 Å². The van der Waals surface area contributed by atoms with Gasteiger partial charge < -0.3 is 13.7 Å². The summed E-state index contributed by atoms with van der Waals surface area (Å²) >= 11 is 0. The smallest absolute Gasteiger partial charge is 0.0788 e. The third-order valence-electron chi connectivity index (χ3n) is 12.0. The van der Waals surface area contributed by atoms with Crippen LogP contribution in [0.2, 0.25) is 0 Å². The zero-order valence-corrected chi connectivity index (χ0v) is 32.2. The van der Waals surface area contributed by atoms with Gasteiger partial charge in [0.25, 0.3) is 0 Å². The molecule has 0 N–H and O–H groups in total. The van der Waals surface area contributed by atoms with E-state index < -0.39 is 0 Å². The van der Waals surface area contributed by atoms with E-state index in [1.165, 1.54) is 82.3 Å². The molecule has 0 radical (unpaired) electrons. The minimum atomic E-state index is 1.11. The van der Waals surface area contributed by atoms with Gasteiger partial charge in [-0.05, 0) is 82.4 Å². The van der Waals surface area contributed by atoms with Crippen LogP contribution >= 0.6 is 0 Å². The lowest BCUT2D eigenvalue weighted by Crippen LogP contribution is -2.01. The highest BCUT2D eigenvalue weighted by Gasteiger charge is 2.22. The topological polar surface area (TPSA) is 14.8 Å². The molecule has 0 spiro atoms. The standard InChI is InChI=1S/C56H37N3/c1-5-17-38(18-6-1)41-29-32-54-50(35-41)47-26-14-15-27-52(47)58(54)44-33-42(39-19-7-2-8-20-39)34-45(36-44)59-53-28-16-13-25-46(53)48-30-31-49-51(40-21-9-3-10-22-40)37-57(55(49)56(48)59)43-23-11-4-12-24-43/h1-37H. The number of rotatable bonds is 6. The third kappa shape index (κ3) is 5.29. The van der Waals surface area contributed by atoms with Crippen molar-refractivity contribution in [2.45, 2.75) is 0 Å². The van der Waals surface area contributed by atoms with E-state index >= 15 is 0 Å². The highest BCUT2D eigenvalue weighted by atomic mass is 15.0. The summed E-state index contributed by atoms with van der Waals surface area (Å²) < 4.78 is 7.37. The summed E-state index contributed by atoms with van der Waals surface area (Å²) in [6, 6.07) is 79.4. The molecular formula is C56H37N3. The van der Waals surface area contributed by atoms with Gasteiger partial charge in [0.15, 0.2) is 0 Å². The second kappa shape index (κ2) is 13.4. The van der Waals surface area contributed by atoms with Crippen molar-refractivity contribution in [2.24, 2.45) is 0 Å². The zero-order chi connectivity index (χ0) is 38.9. The van der Waals surface area contributed by atoms with Crippen molar-refractivity contribution in [1.29, 1.82) is 0 Å². The van der Waals surface area contributed by atoms with Gasteiger partial charge in [0.05, 0.1) is 27.6 Å². The van der Waals surface area contributed by atoms with E-state index in [2.05, 4.69) is 238 Å². The Balaban J connectivity index is 1.20. The monoisotopic (exact) mass is 751 g/mol. The molecule has 59 heavy (non-hydrogen) atoms. The maximum absolute atomic E-state index is 2.51. The molecule has 9 aromatic carbocycles. The predicted octanol–water partition coefficient (Wildman–Crippen LogP) is 14.8. The number of nitrogens with zero attached hydrogens (tertiary/aromatic N) is 3. The molecule has 0 aliphatic heterocycles. The van der Waals surface area contributed by atoms with Gasteiger partial charge in [-0.3, -0.25) is 0 Å². The molecule has 3 heteroatoms. The van der Waals surface area contributed by atoms with Crippen molar-refractivity contribution in [1.82, 2.24) is 13.7 Å². The van der Waals surface area contributed by atoms with Crippen molar-refractivity contribution in [2.75, 3.05) is 0 Å². The van der Waals surface area contributed by atoms with Crippen molar-refractivity contribution in [3.8, 4) is 50.4 Å². The minimum Gasteiger partial charge on any atom is -0.314 e. The van der Waals surface area contributed by atoms with E-state index in [-0.39, 0.29) is 0 Å². The van der Waals surface area contributed by atoms with Crippen LogP contribution in [0.1, 0.15) is 0 Å². The Hall–Kier alpha value is -7.88. The summed E-state index contributed by atoms with van der Waals surface area (Å²) in [5.74, 6) is 0. The summed E-state index contributed by atoms with van der Waals surface area (Å²) in [5.41, 5.74) is 16.4. The average molecular weight is 752 g/mol. The van der Waals surface area contributed by atoms with Crippen LogP contribution in [0.15, 0.2) is 225 Å². The molecular weight excluding hydrogens is 715 g/mol. The van der Waals surface area contributed by atoms with Gasteiger partial charge in [0, 0.05) is 55.8 Å². The van der Waals surface area contributed by atoms with E-state index in [1.54, 1.807) is 0 Å². The average Bonchev–Trinajstić information content (AvgIpc) is 3.98. The van der Waals surface area contributed by atoms with Crippen LogP contribution in [0.4, 0.5) is 0 Å². The highest BCUT2D eigenvalue weighted by Crippen LogP contribution is 2.43. The fraction of sp³-hybridized carbons (Fsp3) is 0. The molecule has 0 amide bonds. The van der Waals surface area contributed by atoms with Gasteiger partial charge in [-0.15, -0.1) is 0 Å². The summed E-state index contributed by atoms with van der Waals surface area (Å²) in [6.45, 7) is 0. The quantitative estimate of drug-likeness (QED) is 0.161. The van der Waals surface area contributed by atoms with Gasteiger partial charge in [-0.2, -0.15) is 0 Å². The Morgan fingerprint density at radius 3 is 1.44 bits per heavy atom. The van der Waals surface area contributed by atoms with Crippen LogP contribution in [-0.2, 0) is 0 Å². The molecule has 0 aliphatic rings. The zero-order valence-electron chi connectivity index (χ0n) is 32.2. The van der Waals surface area contributed by atoms with Crippen LogP contribution in [0, 0.1) is 0 Å². The van der Waals surface area contributed by atoms with Gasteiger partial charge in [0.2, 0.25) is 0 Å². The Kier molecular flexibility index (Phi) is 7.54. The summed E-state index contributed by atoms with van der Waals surface area (Å²) in [6.07, 6.45) is 2.32. The summed E-state index contributed by atoms with van der Waals surface area (Å²) in [4.78, 5) is 0. The number of benzene rings is 9. The number of hydrogen-bond donors (Lipinski definition) is 0. The summed E-state index contributed by atoms with van der Waals surface area (Å²) in [7, 11) is 0. The van der Waals surface area contributed by atoms with E-state index in [4.69, 9.17) is 0 Å². The van der Waals surface area contributed by atoms with Crippen molar-refractivity contribution in [3.05, 3.63) is 225 Å². The van der Waals surface area contributed by atoms with E-state index in [9.17, 15) is 0 Å². The van der Waals surface area contributed by atoms with Crippen molar-refractivity contribution in [3.63, 3.8) is 0 Å². The van der Waals surface area contributed by atoms with Crippen LogP contribution < -0.4 is 0 Å². The Bertz CT molecular complexity index is 3520. The number of fused-ring (bicyclic) bond motifs is 8.